The molecule has 0 spiro atoms. The summed E-state index contributed by atoms with van der Waals surface area (Å²) in [6.07, 6.45) is 3.96. The summed E-state index contributed by atoms with van der Waals surface area (Å²) in [4.78, 5) is 16.4. The first-order valence-electron chi connectivity index (χ1n) is 7.60. The van der Waals surface area contributed by atoms with Crippen molar-refractivity contribution in [1.82, 2.24) is 4.90 Å². The fourth-order valence-corrected chi connectivity index (χ4v) is 5.96. The molecular formula is C15H21NO3S2. The second-order valence-corrected chi connectivity index (χ2v) is 9.39. The van der Waals surface area contributed by atoms with Crippen molar-refractivity contribution in [3.8, 4) is 0 Å². The SMILES string of the molecule is CC[C@@H]1CCCN(C(=O)c2cc3c(s2)CCS(=O)(=O)C3)C1. The van der Waals surface area contributed by atoms with Gasteiger partial charge in [0.05, 0.1) is 16.4 Å². The maximum Gasteiger partial charge on any atom is 0.263 e. The lowest BCUT2D eigenvalue weighted by Crippen LogP contribution is -2.39. The molecule has 0 aromatic carbocycles. The minimum Gasteiger partial charge on any atom is -0.338 e. The summed E-state index contributed by atoms with van der Waals surface area (Å²) in [6.45, 7) is 3.85. The van der Waals surface area contributed by atoms with Crippen LogP contribution in [-0.2, 0) is 22.0 Å². The number of carbonyl (C=O) groups excluding carboxylic acids is 1. The van der Waals surface area contributed by atoms with Gasteiger partial charge in [-0.3, -0.25) is 4.79 Å². The molecule has 4 nitrogen and oxygen atoms in total. The monoisotopic (exact) mass is 327 g/mol. The van der Waals surface area contributed by atoms with Gasteiger partial charge in [-0.1, -0.05) is 13.3 Å². The summed E-state index contributed by atoms with van der Waals surface area (Å²) in [6, 6.07) is 1.81. The van der Waals surface area contributed by atoms with Crippen LogP contribution in [0.1, 0.15) is 46.3 Å². The molecule has 1 atom stereocenters. The standard InChI is InChI=1S/C15H21NO3S2/c1-2-11-4-3-6-16(9-11)15(17)14-8-12-10-21(18,19)7-5-13(12)20-14/h8,11H,2-7,9-10H2,1H3/t11-/m1/s1. The average molecular weight is 327 g/mol. The van der Waals surface area contributed by atoms with Gasteiger partial charge in [-0.25, -0.2) is 8.42 Å². The van der Waals surface area contributed by atoms with E-state index in [0.29, 0.717) is 17.2 Å². The van der Waals surface area contributed by atoms with Gasteiger partial charge in [0, 0.05) is 18.0 Å². The molecule has 21 heavy (non-hydrogen) atoms. The largest absolute Gasteiger partial charge is 0.338 e. The third-order valence-corrected chi connectivity index (χ3v) is 7.31. The maximum absolute atomic E-state index is 12.6. The number of hydrogen-bond donors (Lipinski definition) is 0. The Kier molecular flexibility index (Phi) is 4.10. The summed E-state index contributed by atoms with van der Waals surface area (Å²) < 4.78 is 23.4. The molecule has 0 N–H and O–H groups in total. The Bertz CT molecular complexity index is 648. The maximum atomic E-state index is 12.6. The van der Waals surface area contributed by atoms with Crippen LogP contribution in [0.15, 0.2) is 6.07 Å². The molecule has 6 heteroatoms. The highest BCUT2D eigenvalue weighted by molar-refractivity contribution is 7.90. The molecule has 0 saturated carbocycles. The van der Waals surface area contributed by atoms with E-state index in [4.69, 9.17) is 0 Å². The van der Waals surface area contributed by atoms with Gasteiger partial charge >= 0.3 is 0 Å². The molecule has 0 bridgehead atoms. The van der Waals surface area contributed by atoms with Crippen molar-refractivity contribution >= 4 is 27.1 Å². The molecule has 1 aromatic rings. The molecule has 1 fully saturated rings. The third-order valence-electron chi connectivity index (χ3n) is 4.51. The number of carbonyl (C=O) groups is 1. The Balaban J connectivity index is 1.78. The van der Waals surface area contributed by atoms with Gasteiger partial charge in [-0.2, -0.15) is 0 Å². The highest BCUT2D eigenvalue weighted by Crippen LogP contribution is 2.31. The average Bonchev–Trinajstić information content (AvgIpc) is 2.88. The molecule has 1 aromatic heterocycles. The van der Waals surface area contributed by atoms with Crippen molar-refractivity contribution in [2.45, 2.75) is 38.4 Å². The van der Waals surface area contributed by atoms with Crippen molar-refractivity contribution in [3.05, 3.63) is 21.4 Å². The van der Waals surface area contributed by atoms with Crippen LogP contribution in [0.5, 0.6) is 0 Å². The van der Waals surface area contributed by atoms with E-state index in [0.717, 1.165) is 36.4 Å². The zero-order valence-corrected chi connectivity index (χ0v) is 13.9. The van der Waals surface area contributed by atoms with Gasteiger partial charge in [-0.05, 0) is 36.8 Å². The highest BCUT2D eigenvalue weighted by Gasteiger charge is 2.28. The Labute approximate surface area is 130 Å². The van der Waals surface area contributed by atoms with E-state index in [2.05, 4.69) is 6.92 Å². The normalized spacial score (nSPS) is 24.6. The number of thiophene rings is 1. The summed E-state index contributed by atoms with van der Waals surface area (Å²) in [7, 11) is -2.96. The van der Waals surface area contributed by atoms with Gasteiger partial charge in [0.15, 0.2) is 9.84 Å². The molecule has 0 aliphatic carbocycles. The Morgan fingerprint density at radius 1 is 1.48 bits per heavy atom. The van der Waals surface area contributed by atoms with Crippen molar-refractivity contribution in [3.63, 3.8) is 0 Å². The van der Waals surface area contributed by atoms with Gasteiger partial charge in [0.1, 0.15) is 0 Å². The molecule has 1 saturated heterocycles. The summed E-state index contributed by atoms with van der Waals surface area (Å²) in [5.74, 6) is 1.02. The summed E-state index contributed by atoms with van der Waals surface area (Å²) in [5, 5.41) is 0. The van der Waals surface area contributed by atoms with Crippen LogP contribution in [0.25, 0.3) is 0 Å². The number of piperidine rings is 1. The predicted molar refractivity (Wildman–Crippen MR) is 84.4 cm³/mol. The van der Waals surface area contributed by atoms with Gasteiger partial charge < -0.3 is 4.90 Å². The smallest absolute Gasteiger partial charge is 0.263 e. The molecule has 2 aliphatic rings. The van der Waals surface area contributed by atoms with Crippen LogP contribution in [0.4, 0.5) is 0 Å². The minimum atomic E-state index is -2.96. The quantitative estimate of drug-likeness (QED) is 0.838. The van der Waals surface area contributed by atoms with Crippen molar-refractivity contribution < 1.29 is 13.2 Å². The molecule has 3 heterocycles. The number of nitrogens with zero attached hydrogens (tertiary/aromatic N) is 1. The zero-order valence-electron chi connectivity index (χ0n) is 12.3. The van der Waals surface area contributed by atoms with Gasteiger partial charge in [0.25, 0.3) is 5.91 Å². The number of hydrogen-bond acceptors (Lipinski definition) is 4. The van der Waals surface area contributed by atoms with E-state index in [1.807, 2.05) is 11.0 Å². The first-order chi connectivity index (χ1) is 9.98. The van der Waals surface area contributed by atoms with Crippen LogP contribution in [0, 0.1) is 5.92 Å². The van der Waals surface area contributed by atoms with E-state index < -0.39 is 9.84 Å². The van der Waals surface area contributed by atoms with Crippen molar-refractivity contribution in [1.29, 1.82) is 0 Å². The van der Waals surface area contributed by atoms with Crippen LogP contribution in [0.2, 0.25) is 0 Å². The van der Waals surface area contributed by atoms with E-state index in [9.17, 15) is 13.2 Å². The number of fused-ring (bicyclic) bond motifs is 1. The Hall–Kier alpha value is -0.880. The number of rotatable bonds is 2. The summed E-state index contributed by atoms with van der Waals surface area (Å²) in [5.41, 5.74) is 0.846. The number of sulfone groups is 1. The second kappa shape index (κ2) is 5.72. The van der Waals surface area contributed by atoms with E-state index in [1.54, 1.807) is 0 Å². The lowest BCUT2D eigenvalue weighted by atomic mass is 9.95. The number of aryl methyl sites for hydroxylation is 1. The van der Waals surface area contributed by atoms with Gasteiger partial charge in [-0.15, -0.1) is 11.3 Å². The fraction of sp³-hybridized carbons (Fsp3) is 0.667. The third kappa shape index (κ3) is 3.16. The molecule has 0 unspecified atom stereocenters. The van der Waals surface area contributed by atoms with Crippen molar-refractivity contribution in [2.75, 3.05) is 18.8 Å². The number of likely N-dealkylation sites (tertiary alicyclic amines) is 1. The first-order valence-corrected chi connectivity index (χ1v) is 10.2. The molecular weight excluding hydrogens is 306 g/mol. The predicted octanol–water partition coefficient (Wildman–Crippen LogP) is 2.48. The molecule has 0 radical (unpaired) electrons. The molecule has 2 aliphatic heterocycles. The topological polar surface area (TPSA) is 54.5 Å². The molecule has 116 valence electrons. The lowest BCUT2D eigenvalue weighted by Gasteiger charge is -2.32. The zero-order chi connectivity index (χ0) is 15.0. The Morgan fingerprint density at radius 2 is 2.29 bits per heavy atom. The Morgan fingerprint density at radius 3 is 3.05 bits per heavy atom. The minimum absolute atomic E-state index is 0.0879. The fourth-order valence-electron chi connectivity index (χ4n) is 3.20. The molecule has 3 rings (SSSR count). The van der Waals surface area contributed by atoms with E-state index in [1.165, 1.54) is 17.8 Å². The number of amides is 1. The van der Waals surface area contributed by atoms with Crippen molar-refractivity contribution in [2.24, 2.45) is 5.92 Å². The van der Waals surface area contributed by atoms with Crippen LogP contribution < -0.4 is 0 Å². The second-order valence-electron chi connectivity index (χ2n) is 6.07. The van der Waals surface area contributed by atoms with Gasteiger partial charge in [0.2, 0.25) is 0 Å². The van der Waals surface area contributed by atoms with E-state index in [-0.39, 0.29) is 17.4 Å². The van der Waals surface area contributed by atoms with Crippen LogP contribution in [-0.4, -0.2) is 38.1 Å². The highest BCUT2D eigenvalue weighted by atomic mass is 32.2. The summed E-state index contributed by atoms with van der Waals surface area (Å²) >= 11 is 1.49. The lowest BCUT2D eigenvalue weighted by molar-refractivity contribution is 0.0676. The molecule has 1 amide bonds. The van der Waals surface area contributed by atoms with E-state index >= 15 is 0 Å². The van der Waals surface area contributed by atoms with Crippen LogP contribution >= 0.6 is 11.3 Å². The van der Waals surface area contributed by atoms with Crippen LogP contribution in [0.3, 0.4) is 0 Å². The first kappa shape index (κ1) is 15.0.